The van der Waals surface area contributed by atoms with E-state index in [-0.39, 0.29) is 22.3 Å². The molecule has 0 amide bonds. The van der Waals surface area contributed by atoms with Gasteiger partial charge in [-0.25, -0.2) is 17.9 Å². The summed E-state index contributed by atoms with van der Waals surface area (Å²) in [5.74, 6) is -1.32. The Hall–Kier alpha value is -1.64. The van der Waals surface area contributed by atoms with Crippen LogP contribution in [-0.2, 0) is 14.8 Å². The van der Waals surface area contributed by atoms with Gasteiger partial charge in [0.1, 0.15) is 0 Å². The Labute approximate surface area is 123 Å². The fourth-order valence-corrected chi connectivity index (χ4v) is 4.00. The second-order valence-electron chi connectivity index (χ2n) is 5.35. The van der Waals surface area contributed by atoms with E-state index in [1.807, 2.05) is 0 Å². The number of nitrogens with two attached hydrogens (primary N) is 1. The number of nitrogen functional groups attached to an aromatic ring is 1. The summed E-state index contributed by atoms with van der Waals surface area (Å²) in [4.78, 5) is 10.9. The summed E-state index contributed by atoms with van der Waals surface area (Å²) >= 11 is 0. The molecular weight excluding hydrogens is 296 g/mol. The van der Waals surface area contributed by atoms with Crippen LogP contribution in [0.25, 0.3) is 0 Å². The van der Waals surface area contributed by atoms with Crippen LogP contribution in [-0.4, -0.2) is 37.7 Å². The number of anilines is 1. The van der Waals surface area contributed by atoms with E-state index in [1.54, 1.807) is 13.8 Å². The Morgan fingerprint density at radius 1 is 1.52 bits per heavy atom. The predicted octanol–water partition coefficient (Wildman–Crippen LogP) is 0.813. The molecule has 0 aliphatic carbocycles. The largest absolute Gasteiger partial charge is 0.478 e. The normalized spacial score (nSPS) is 25.9. The monoisotopic (exact) mass is 314 g/mol. The maximum atomic E-state index is 12.5. The molecule has 1 aromatic carbocycles. The second-order valence-corrected chi connectivity index (χ2v) is 7.00. The minimum atomic E-state index is -4.02. The number of aromatic carboxylic acids is 1. The number of benzene rings is 1. The van der Waals surface area contributed by atoms with E-state index < -0.39 is 21.5 Å². The van der Waals surface area contributed by atoms with Crippen LogP contribution in [0.15, 0.2) is 23.1 Å². The Kier molecular flexibility index (Phi) is 3.96. The van der Waals surface area contributed by atoms with Crippen LogP contribution in [0, 0.1) is 0 Å². The van der Waals surface area contributed by atoms with Gasteiger partial charge < -0.3 is 15.6 Å². The minimum Gasteiger partial charge on any atom is -0.478 e. The molecule has 1 saturated heterocycles. The van der Waals surface area contributed by atoms with Crippen molar-refractivity contribution in [3.05, 3.63) is 23.8 Å². The highest BCUT2D eigenvalue weighted by atomic mass is 32.2. The topological polar surface area (TPSA) is 119 Å². The minimum absolute atomic E-state index is 0.182. The quantitative estimate of drug-likeness (QED) is 0.708. The van der Waals surface area contributed by atoms with E-state index >= 15 is 0 Å². The molecule has 2 rings (SSSR count). The number of carboxylic acid groups (broad SMARTS) is 1. The van der Waals surface area contributed by atoms with E-state index in [2.05, 4.69) is 4.72 Å². The van der Waals surface area contributed by atoms with Crippen LogP contribution in [0.2, 0.25) is 0 Å². The van der Waals surface area contributed by atoms with Crippen molar-refractivity contribution in [2.45, 2.75) is 36.8 Å². The van der Waals surface area contributed by atoms with Crippen molar-refractivity contribution < 1.29 is 23.1 Å². The van der Waals surface area contributed by atoms with Gasteiger partial charge in [0.15, 0.2) is 0 Å². The van der Waals surface area contributed by atoms with Gasteiger partial charge in [-0.2, -0.15) is 0 Å². The zero-order valence-electron chi connectivity index (χ0n) is 11.8. The third kappa shape index (κ3) is 3.02. The lowest BCUT2D eigenvalue weighted by Gasteiger charge is -2.28. The summed E-state index contributed by atoms with van der Waals surface area (Å²) in [6.07, 6.45) is 0.208. The average molecular weight is 314 g/mol. The number of hydrogen-bond donors (Lipinski definition) is 3. The molecule has 1 aromatic rings. The van der Waals surface area contributed by atoms with Crippen LogP contribution in [0.3, 0.4) is 0 Å². The second kappa shape index (κ2) is 5.28. The molecule has 4 N–H and O–H groups in total. The molecule has 0 saturated carbocycles. The molecule has 1 aliphatic rings. The molecule has 8 heteroatoms. The summed E-state index contributed by atoms with van der Waals surface area (Å²) in [6, 6.07) is 3.68. The molecule has 7 nitrogen and oxygen atoms in total. The zero-order valence-corrected chi connectivity index (χ0v) is 12.6. The van der Waals surface area contributed by atoms with Gasteiger partial charge in [-0.05, 0) is 38.5 Å². The van der Waals surface area contributed by atoms with Crippen molar-refractivity contribution in [3.63, 3.8) is 0 Å². The van der Waals surface area contributed by atoms with Gasteiger partial charge >= 0.3 is 5.97 Å². The highest BCUT2D eigenvalue weighted by Crippen LogP contribution is 2.28. The lowest BCUT2D eigenvalue weighted by molar-refractivity contribution is 0.0692. The Balaban J connectivity index is 2.45. The number of rotatable bonds is 4. The van der Waals surface area contributed by atoms with Gasteiger partial charge in [0.2, 0.25) is 10.0 Å². The molecule has 0 bridgehead atoms. The van der Waals surface area contributed by atoms with E-state index in [0.29, 0.717) is 13.0 Å². The first kappa shape index (κ1) is 15.7. The third-order valence-corrected chi connectivity index (χ3v) is 5.43. The van der Waals surface area contributed by atoms with Gasteiger partial charge in [0, 0.05) is 12.3 Å². The third-order valence-electron chi connectivity index (χ3n) is 3.78. The van der Waals surface area contributed by atoms with Crippen LogP contribution >= 0.6 is 0 Å². The Bertz CT molecular complexity index is 673. The van der Waals surface area contributed by atoms with E-state index in [1.165, 1.54) is 12.1 Å². The van der Waals surface area contributed by atoms with Crippen molar-refractivity contribution in [2.75, 3.05) is 12.3 Å². The number of hydrogen-bond acceptors (Lipinski definition) is 5. The van der Waals surface area contributed by atoms with Gasteiger partial charge in [0.05, 0.1) is 22.1 Å². The summed E-state index contributed by atoms with van der Waals surface area (Å²) < 4.78 is 33.0. The van der Waals surface area contributed by atoms with E-state index in [0.717, 1.165) is 6.07 Å². The fraction of sp³-hybridized carbons (Fsp3) is 0.462. The summed E-state index contributed by atoms with van der Waals surface area (Å²) in [5.41, 5.74) is 4.67. The standard InChI is InChI=1S/C13H18N2O5S/c1-8-13(2,5-6-20-8)15-21(18,19)11-7-9(14)3-4-10(11)12(16)17/h3-4,7-8,15H,5-6,14H2,1-2H3,(H,16,17). The van der Waals surface area contributed by atoms with Crippen molar-refractivity contribution in [2.24, 2.45) is 0 Å². The predicted molar refractivity (Wildman–Crippen MR) is 76.6 cm³/mol. The number of sulfonamides is 1. The molecule has 116 valence electrons. The summed E-state index contributed by atoms with van der Waals surface area (Å²) in [6.45, 7) is 3.95. The van der Waals surface area contributed by atoms with Crippen LogP contribution in [0.5, 0.6) is 0 Å². The highest BCUT2D eigenvalue weighted by molar-refractivity contribution is 7.89. The zero-order chi connectivity index (χ0) is 15.8. The molecule has 1 aliphatic heterocycles. The molecule has 2 atom stereocenters. The summed E-state index contributed by atoms with van der Waals surface area (Å²) in [7, 11) is -4.02. The molecule has 2 unspecified atom stereocenters. The van der Waals surface area contributed by atoms with Crippen molar-refractivity contribution in [1.82, 2.24) is 4.72 Å². The lowest BCUT2D eigenvalue weighted by Crippen LogP contribution is -2.50. The highest BCUT2D eigenvalue weighted by Gasteiger charge is 2.41. The maximum absolute atomic E-state index is 12.5. The number of nitrogens with one attached hydrogen (secondary N) is 1. The van der Waals surface area contributed by atoms with Crippen molar-refractivity contribution >= 4 is 21.7 Å². The molecule has 21 heavy (non-hydrogen) atoms. The van der Waals surface area contributed by atoms with Crippen molar-refractivity contribution in [1.29, 1.82) is 0 Å². The number of ether oxygens (including phenoxy) is 1. The summed E-state index contributed by atoms with van der Waals surface area (Å²) in [5, 5.41) is 9.14. The first-order chi connectivity index (χ1) is 9.66. The number of carboxylic acids is 1. The first-order valence-corrected chi connectivity index (χ1v) is 7.92. The Morgan fingerprint density at radius 3 is 2.71 bits per heavy atom. The molecule has 1 fully saturated rings. The molecule has 0 radical (unpaired) electrons. The van der Waals surface area contributed by atoms with Gasteiger partial charge in [-0.1, -0.05) is 0 Å². The van der Waals surface area contributed by atoms with E-state index in [9.17, 15) is 13.2 Å². The van der Waals surface area contributed by atoms with Crippen molar-refractivity contribution in [3.8, 4) is 0 Å². The molecule has 0 spiro atoms. The van der Waals surface area contributed by atoms with Crippen LogP contribution in [0.1, 0.15) is 30.6 Å². The van der Waals surface area contributed by atoms with Gasteiger partial charge in [-0.3, -0.25) is 0 Å². The van der Waals surface area contributed by atoms with Crippen LogP contribution in [0.4, 0.5) is 5.69 Å². The molecule has 0 aromatic heterocycles. The lowest BCUT2D eigenvalue weighted by atomic mass is 9.97. The average Bonchev–Trinajstić information content (AvgIpc) is 2.68. The van der Waals surface area contributed by atoms with Gasteiger partial charge in [-0.15, -0.1) is 0 Å². The van der Waals surface area contributed by atoms with E-state index in [4.69, 9.17) is 15.6 Å². The number of carbonyl (C=O) groups is 1. The molecular formula is C13H18N2O5S. The maximum Gasteiger partial charge on any atom is 0.337 e. The SMILES string of the molecule is CC1OCCC1(C)NS(=O)(=O)c1cc(N)ccc1C(=O)O. The van der Waals surface area contributed by atoms with Crippen LogP contribution < -0.4 is 10.5 Å². The fourth-order valence-electron chi connectivity index (χ4n) is 2.27. The smallest absolute Gasteiger partial charge is 0.337 e. The Morgan fingerprint density at radius 2 is 2.19 bits per heavy atom. The molecule has 1 heterocycles. The first-order valence-electron chi connectivity index (χ1n) is 6.44. The van der Waals surface area contributed by atoms with Gasteiger partial charge in [0.25, 0.3) is 0 Å².